The zero-order valence-corrected chi connectivity index (χ0v) is 13.8. The summed E-state index contributed by atoms with van der Waals surface area (Å²) in [6.07, 6.45) is 7.82. The lowest BCUT2D eigenvalue weighted by Gasteiger charge is -2.21. The average Bonchev–Trinajstić information content (AvgIpc) is 2.91. The van der Waals surface area contributed by atoms with Gasteiger partial charge in [-0.05, 0) is 25.5 Å². The third-order valence-corrected chi connectivity index (χ3v) is 4.87. The molecule has 0 aromatic carbocycles. The second-order valence-corrected chi connectivity index (χ2v) is 6.49. The molecular formula is C15H31NO3S. The maximum Gasteiger partial charge on any atom is 0.0897 e. The van der Waals surface area contributed by atoms with Gasteiger partial charge < -0.3 is 19.9 Å². The Hall–Kier alpha value is 0.190. The molecule has 0 heterocycles. The number of nitrogens with one attached hydrogen (secondary N) is 1. The Balaban J connectivity index is 1.93. The van der Waals surface area contributed by atoms with Gasteiger partial charge in [-0.15, -0.1) is 0 Å². The molecule has 1 saturated carbocycles. The molecule has 4 nitrogen and oxygen atoms in total. The summed E-state index contributed by atoms with van der Waals surface area (Å²) in [4.78, 5) is 0. The van der Waals surface area contributed by atoms with Crippen molar-refractivity contribution in [1.29, 1.82) is 0 Å². The molecule has 0 bridgehead atoms. The van der Waals surface area contributed by atoms with Crippen LogP contribution >= 0.6 is 11.8 Å². The van der Waals surface area contributed by atoms with Crippen LogP contribution < -0.4 is 5.32 Å². The van der Waals surface area contributed by atoms with Crippen molar-refractivity contribution < 1.29 is 14.6 Å². The van der Waals surface area contributed by atoms with Gasteiger partial charge in [0.05, 0.1) is 25.9 Å². The molecule has 3 unspecified atom stereocenters. The number of rotatable bonds is 12. The summed E-state index contributed by atoms with van der Waals surface area (Å²) in [5.41, 5.74) is 0. The monoisotopic (exact) mass is 305 g/mol. The van der Waals surface area contributed by atoms with Crippen LogP contribution in [0.25, 0.3) is 0 Å². The summed E-state index contributed by atoms with van der Waals surface area (Å²) >= 11 is 1.93. The maximum absolute atomic E-state index is 9.87. The molecule has 0 aliphatic heterocycles. The average molecular weight is 305 g/mol. The molecule has 120 valence electrons. The number of ether oxygens (including phenoxy) is 2. The fraction of sp³-hybridized carbons (Fsp3) is 1.00. The second kappa shape index (κ2) is 11.8. The van der Waals surface area contributed by atoms with Gasteiger partial charge in [0.25, 0.3) is 0 Å². The van der Waals surface area contributed by atoms with Gasteiger partial charge in [0.2, 0.25) is 0 Å². The topological polar surface area (TPSA) is 50.7 Å². The Kier molecular flexibility index (Phi) is 10.8. The first kappa shape index (κ1) is 18.2. The summed E-state index contributed by atoms with van der Waals surface area (Å²) in [5, 5.41) is 14.0. The van der Waals surface area contributed by atoms with Gasteiger partial charge >= 0.3 is 0 Å². The Bertz CT molecular complexity index is 231. The number of aliphatic hydroxyl groups excluding tert-OH is 1. The standard InChI is InChI=1S/C15H31NO3S/c1-3-4-8-18-9-10-19-12-13(17)11-16-14-6-5-7-15(14)20-2/h13-17H,3-12H2,1-2H3. The molecule has 0 radical (unpaired) electrons. The van der Waals surface area contributed by atoms with Crippen LogP contribution in [0.15, 0.2) is 0 Å². The van der Waals surface area contributed by atoms with Gasteiger partial charge in [-0.1, -0.05) is 19.8 Å². The quantitative estimate of drug-likeness (QED) is 0.541. The maximum atomic E-state index is 9.87. The number of thioether (sulfide) groups is 1. The first-order valence-electron chi connectivity index (χ1n) is 7.87. The molecule has 1 rings (SSSR count). The fourth-order valence-electron chi connectivity index (χ4n) is 2.47. The summed E-state index contributed by atoms with van der Waals surface area (Å²) in [5.74, 6) is 0. The zero-order valence-electron chi connectivity index (χ0n) is 13.0. The minimum atomic E-state index is -0.422. The molecule has 3 atom stereocenters. The number of hydrogen-bond acceptors (Lipinski definition) is 5. The number of aliphatic hydroxyl groups is 1. The van der Waals surface area contributed by atoms with Crippen molar-refractivity contribution in [3.05, 3.63) is 0 Å². The molecule has 0 aromatic heterocycles. The second-order valence-electron chi connectivity index (χ2n) is 5.41. The molecule has 0 saturated heterocycles. The first-order valence-corrected chi connectivity index (χ1v) is 9.16. The van der Waals surface area contributed by atoms with Crippen LogP contribution in [0, 0.1) is 0 Å². The molecule has 0 amide bonds. The van der Waals surface area contributed by atoms with E-state index in [2.05, 4.69) is 18.5 Å². The van der Waals surface area contributed by atoms with Gasteiger partial charge in [0.15, 0.2) is 0 Å². The Morgan fingerprint density at radius 2 is 2.05 bits per heavy atom. The van der Waals surface area contributed by atoms with Crippen molar-refractivity contribution in [3.63, 3.8) is 0 Å². The minimum absolute atomic E-state index is 0.390. The lowest BCUT2D eigenvalue weighted by Crippen LogP contribution is -2.40. The molecule has 1 fully saturated rings. The molecule has 1 aliphatic carbocycles. The van der Waals surface area contributed by atoms with E-state index in [4.69, 9.17) is 9.47 Å². The van der Waals surface area contributed by atoms with Crippen LogP contribution in [-0.2, 0) is 9.47 Å². The van der Waals surface area contributed by atoms with E-state index in [0.717, 1.165) is 19.4 Å². The molecule has 0 aromatic rings. The van der Waals surface area contributed by atoms with E-state index in [1.165, 1.54) is 19.3 Å². The highest BCUT2D eigenvalue weighted by Crippen LogP contribution is 2.28. The molecule has 5 heteroatoms. The van der Waals surface area contributed by atoms with E-state index in [9.17, 15) is 5.11 Å². The summed E-state index contributed by atoms with van der Waals surface area (Å²) in [7, 11) is 0. The predicted molar refractivity (Wildman–Crippen MR) is 85.5 cm³/mol. The molecule has 20 heavy (non-hydrogen) atoms. The van der Waals surface area contributed by atoms with Gasteiger partial charge in [0, 0.05) is 24.4 Å². The SMILES string of the molecule is CCCCOCCOCC(O)CNC1CCCC1SC. The highest BCUT2D eigenvalue weighted by molar-refractivity contribution is 7.99. The third kappa shape index (κ3) is 7.84. The van der Waals surface area contributed by atoms with E-state index in [0.29, 0.717) is 37.7 Å². The van der Waals surface area contributed by atoms with Crippen molar-refractivity contribution in [2.45, 2.75) is 56.4 Å². The molecule has 1 aliphatic rings. The van der Waals surface area contributed by atoms with E-state index in [-0.39, 0.29) is 0 Å². The van der Waals surface area contributed by atoms with Crippen LogP contribution in [0.5, 0.6) is 0 Å². The molecule has 2 N–H and O–H groups in total. The van der Waals surface area contributed by atoms with Crippen LogP contribution in [0.4, 0.5) is 0 Å². The van der Waals surface area contributed by atoms with Crippen LogP contribution in [-0.4, -0.2) is 61.7 Å². The minimum Gasteiger partial charge on any atom is -0.389 e. The van der Waals surface area contributed by atoms with E-state index in [1.54, 1.807) is 0 Å². The highest BCUT2D eigenvalue weighted by atomic mass is 32.2. The summed E-state index contributed by atoms with van der Waals surface area (Å²) in [6.45, 7) is 5.16. The largest absolute Gasteiger partial charge is 0.389 e. The lowest BCUT2D eigenvalue weighted by atomic mass is 10.2. The smallest absolute Gasteiger partial charge is 0.0897 e. The third-order valence-electron chi connectivity index (χ3n) is 3.70. The Labute approximate surface area is 128 Å². The summed E-state index contributed by atoms with van der Waals surface area (Å²) in [6, 6.07) is 0.553. The van der Waals surface area contributed by atoms with Gasteiger partial charge in [-0.2, -0.15) is 11.8 Å². The van der Waals surface area contributed by atoms with Crippen LogP contribution in [0.3, 0.4) is 0 Å². The van der Waals surface area contributed by atoms with E-state index < -0.39 is 6.10 Å². The van der Waals surface area contributed by atoms with Crippen LogP contribution in [0.2, 0.25) is 0 Å². The van der Waals surface area contributed by atoms with Crippen molar-refractivity contribution >= 4 is 11.8 Å². The zero-order chi connectivity index (χ0) is 14.6. The molecule has 0 spiro atoms. The highest BCUT2D eigenvalue weighted by Gasteiger charge is 2.26. The fourth-order valence-corrected chi connectivity index (χ4v) is 3.44. The van der Waals surface area contributed by atoms with Gasteiger partial charge in [0.1, 0.15) is 0 Å². The Morgan fingerprint density at radius 1 is 1.25 bits per heavy atom. The van der Waals surface area contributed by atoms with Gasteiger partial charge in [-0.3, -0.25) is 0 Å². The van der Waals surface area contributed by atoms with Gasteiger partial charge in [-0.25, -0.2) is 0 Å². The molecular weight excluding hydrogens is 274 g/mol. The van der Waals surface area contributed by atoms with Crippen molar-refractivity contribution in [2.24, 2.45) is 0 Å². The van der Waals surface area contributed by atoms with E-state index in [1.807, 2.05) is 11.8 Å². The van der Waals surface area contributed by atoms with Crippen molar-refractivity contribution in [2.75, 3.05) is 39.2 Å². The van der Waals surface area contributed by atoms with Crippen molar-refractivity contribution in [1.82, 2.24) is 5.32 Å². The number of hydrogen-bond donors (Lipinski definition) is 2. The Morgan fingerprint density at radius 3 is 2.80 bits per heavy atom. The summed E-state index contributed by atoms with van der Waals surface area (Å²) < 4.78 is 10.8. The van der Waals surface area contributed by atoms with E-state index >= 15 is 0 Å². The first-order chi connectivity index (χ1) is 9.77. The van der Waals surface area contributed by atoms with Crippen molar-refractivity contribution in [3.8, 4) is 0 Å². The lowest BCUT2D eigenvalue weighted by molar-refractivity contribution is 0.00329. The normalized spacial score (nSPS) is 24.1. The number of unbranched alkanes of at least 4 members (excludes halogenated alkanes) is 1. The predicted octanol–water partition coefficient (Wildman–Crippen LogP) is 2.05. The van der Waals surface area contributed by atoms with Crippen LogP contribution in [0.1, 0.15) is 39.0 Å².